The van der Waals surface area contributed by atoms with E-state index < -0.39 is 0 Å². The second kappa shape index (κ2) is 4.40. The van der Waals surface area contributed by atoms with E-state index in [1.165, 1.54) is 0 Å². The van der Waals surface area contributed by atoms with Crippen LogP contribution in [-0.4, -0.2) is 4.98 Å². The molecular formula is C13H15ClN2. The van der Waals surface area contributed by atoms with Gasteiger partial charge in [0.15, 0.2) is 0 Å². The molecule has 0 saturated carbocycles. The molecule has 1 heterocycles. The number of hydrogen-bond donors (Lipinski definition) is 1. The lowest BCUT2D eigenvalue weighted by Gasteiger charge is -2.10. The molecule has 0 aliphatic rings. The molecule has 16 heavy (non-hydrogen) atoms. The Balaban J connectivity index is 2.73. The molecule has 0 amide bonds. The number of halogens is 1. The smallest absolute Gasteiger partial charge is 0.0709 e. The van der Waals surface area contributed by atoms with Crippen LogP contribution in [0.2, 0.25) is 5.02 Å². The molecule has 0 spiro atoms. The van der Waals surface area contributed by atoms with E-state index in [0.29, 0.717) is 12.5 Å². The highest BCUT2D eigenvalue weighted by Crippen LogP contribution is 2.24. The zero-order valence-electron chi connectivity index (χ0n) is 9.50. The van der Waals surface area contributed by atoms with Gasteiger partial charge in [0, 0.05) is 22.6 Å². The normalized spacial score (nSPS) is 11.3. The van der Waals surface area contributed by atoms with Gasteiger partial charge in [-0.15, -0.1) is 0 Å². The van der Waals surface area contributed by atoms with Crippen LogP contribution >= 0.6 is 11.6 Å². The zero-order valence-corrected chi connectivity index (χ0v) is 10.3. The third-order valence-electron chi connectivity index (χ3n) is 2.69. The van der Waals surface area contributed by atoms with E-state index in [-0.39, 0.29) is 0 Å². The number of rotatable bonds is 2. The van der Waals surface area contributed by atoms with Crippen molar-refractivity contribution in [1.29, 1.82) is 0 Å². The minimum atomic E-state index is 0.408. The summed E-state index contributed by atoms with van der Waals surface area (Å²) in [5.74, 6) is 0.408. The van der Waals surface area contributed by atoms with Gasteiger partial charge in [-0.2, -0.15) is 0 Å². The lowest BCUT2D eigenvalue weighted by atomic mass is 10.0. The van der Waals surface area contributed by atoms with Gasteiger partial charge in [0.25, 0.3) is 0 Å². The molecule has 3 heteroatoms. The van der Waals surface area contributed by atoms with Gasteiger partial charge in [0.2, 0.25) is 0 Å². The maximum absolute atomic E-state index is 5.98. The lowest BCUT2D eigenvalue weighted by Crippen LogP contribution is -2.02. The van der Waals surface area contributed by atoms with Crippen molar-refractivity contribution >= 4 is 22.5 Å². The minimum Gasteiger partial charge on any atom is -0.326 e. The molecule has 1 aromatic heterocycles. The van der Waals surface area contributed by atoms with Crippen LogP contribution in [-0.2, 0) is 6.54 Å². The first-order chi connectivity index (χ1) is 7.61. The van der Waals surface area contributed by atoms with Gasteiger partial charge in [0.1, 0.15) is 0 Å². The largest absolute Gasteiger partial charge is 0.326 e. The van der Waals surface area contributed by atoms with Crippen LogP contribution in [0.3, 0.4) is 0 Å². The Morgan fingerprint density at radius 1 is 1.31 bits per heavy atom. The number of pyridine rings is 1. The van der Waals surface area contributed by atoms with Crippen LogP contribution in [0.15, 0.2) is 24.3 Å². The molecule has 0 saturated heterocycles. The number of hydrogen-bond acceptors (Lipinski definition) is 2. The number of aromatic nitrogens is 1. The van der Waals surface area contributed by atoms with Crippen molar-refractivity contribution in [1.82, 2.24) is 4.98 Å². The lowest BCUT2D eigenvalue weighted by molar-refractivity contribution is 0.825. The molecule has 0 unspecified atom stereocenters. The highest BCUT2D eigenvalue weighted by atomic mass is 35.5. The summed E-state index contributed by atoms with van der Waals surface area (Å²) in [4.78, 5) is 4.61. The highest BCUT2D eigenvalue weighted by molar-refractivity contribution is 6.31. The molecule has 2 N–H and O–H groups in total. The summed E-state index contributed by atoms with van der Waals surface area (Å²) < 4.78 is 0. The van der Waals surface area contributed by atoms with Crippen molar-refractivity contribution < 1.29 is 0 Å². The Labute approximate surface area is 100 Å². The molecule has 0 aliphatic carbocycles. The van der Waals surface area contributed by atoms with Gasteiger partial charge >= 0.3 is 0 Å². The standard InChI is InChI=1S/C13H15ClN2/c1-8(2)13-5-9(7-15)11-6-10(14)3-4-12(11)16-13/h3-6,8H,7,15H2,1-2H3. The Morgan fingerprint density at radius 2 is 2.06 bits per heavy atom. The van der Waals surface area contributed by atoms with E-state index in [0.717, 1.165) is 27.2 Å². The van der Waals surface area contributed by atoms with Crippen LogP contribution in [0.5, 0.6) is 0 Å². The monoisotopic (exact) mass is 234 g/mol. The molecule has 0 aliphatic heterocycles. The number of nitrogens with zero attached hydrogens (tertiary/aromatic N) is 1. The van der Waals surface area contributed by atoms with Crippen molar-refractivity contribution in [3.8, 4) is 0 Å². The molecule has 2 rings (SSSR count). The second-order valence-electron chi connectivity index (χ2n) is 4.23. The zero-order chi connectivity index (χ0) is 11.7. The Morgan fingerprint density at radius 3 is 2.69 bits per heavy atom. The van der Waals surface area contributed by atoms with Gasteiger partial charge in [0.05, 0.1) is 5.52 Å². The summed E-state index contributed by atoms with van der Waals surface area (Å²) in [6.07, 6.45) is 0. The number of nitrogens with two attached hydrogens (primary N) is 1. The third kappa shape index (κ3) is 2.04. The highest BCUT2D eigenvalue weighted by Gasteiger charge is 2.07. The average molecular weight is 235 g/mol. The fourth-order valence-corrected chi connectivity index (χ4v) is 1.93. The Hall–Kier alpha value is -1.12. The van der Waals surface area contributed by atoms with Crippen LogP contribution in [0, 0.1) is 0 Å². The van der Waals surface area contributed by atoms with E-state index in [2.05, 4.69) is 24.9 Å². The quantitative estimate of drug-likeness (QED) is 0.864. The van der Waals surface area contributed by atoms with Gasteiger partial charge < -0.3 is 5.73 Å². The molecule has 2 nitrogen and oxygen atoms in total. The van der Waals surface area contributed by atoms with Crippen molar-refractivity contribution in [3.63, 3.8) is 0 Å². The van der Waals surface area contributed by atoms with Crippen molar-refractivity contribution in [2.24, 2.45) is 5.73 Å². The molecule has 84 valence electrons. The molecular weight excluding hydrogens is 220 g/mol. The second-order valence-corrected chi connectivity index (χ2v) is 4.66. The van der Waals surface area contributed by atoms with E-state index >= 15 is 0 Å². The van der Waals surface area contributed by atoms with Crippen LogP contribution in [0.1, 0.15) is 31.0 Å². The van der Waals surface area contributed by atoms with Gasteiger partial charge in [-0.1, -0.05) is 25.4 Å². The van der Waals surface area contributed by atoms with Crippen molar-refractivity contribution in [2.75, 3.05) is 0 Å². The first-order valence-electron chi connectivity index (χ1n) is 5.41. The summed E-state index contributed by atoms with van der Waals surface area (Å²) in [5.41, 5.74) is 8.92. The fraction of sp³-hybridized carbons (Fsp3) is 0.308. The number of benzene rings is 1. The Kier molecular flexibility index (Phi) is 3.13. The summed E-state index contributed by atoms with van der Waals surface area (Å²) in [5, 5.41) is 1.78. The Bertz CT molecular complexity index is 521. The van der Waals surface area contributed by atoms with Crippen LogP contribution in [0.25, 0.3) is 10.9 Å². The molecule has 0 atom stereocenters. The maximum Gasteiger partial charge on any atom is 0.0709 e. The molecule has 2 aromatic rings. The van der Waals surface area contributed by atoms with Crippen LogP contribution in [0.4, 0.5) is 0 Å². The predicted molar refractivity (Wildman–Crippen MR) is 68.7 cm³/mol. The van der Waals surface area contributed by atoms with Crippen molar-refractivity contribution in [2.45, 2.75) is 26.3 Å². The predicted octanol–water partition coefficient (Wildman–Crippen LogP) is 3.47. The summed E-state index contributed by atoms with van der Waals surface area (Å²) in [7, 11) is 0. The number of fused-ring (bicyclic) bond motifs is 1. The first kappa shape index (κ1) is 11.4. The van der Waals surface area contributed by atoms with Crippen molar-refractivity contribution in [3.05, 3.63) is 40.5 Å². The summed E-state index contributed by atoms with van der Waals surface area (Å²) in [6.45, 7) is 4.77. The fourth-order valence-electron chi connectivity index (χ4n) is 1.76. The topological polar surface area (TPSA) is 38.9 Å². The summed E-state index contributed by atoms with van der Waals surface area (Å²) >= 11 is 5.98. The minimum absolute atomic E-state index is 0.408. The van der Waals surface area contributed by atoms with E-state index in [9.17, 15) is 0 Å². The van der Waals surface area contributed by atoms with Gasteiger partial charge in [-0.05, 0) is 35.7 Å². The molecule has 0 radical (unpaired) electrons. The molecule has 0 bridgehead atoms. The molecule has 1 aromatic carbocycles. The van der Waals surface area contributed by atoms with E-state index in [1.807, 2.05) is 18.2 Å². The molecule has 0 fully saturated rings. The van der Waals surface area contributed by atoms with Crippen LogP contribution < -0.4 is 5.73 Å². The maximum atomic E-state index is 5.98. The first-order valence-corrected chi connectivity index (χ1v) is 5.78. The SMILES string of the molecule is CC(C)c1cc(CN)c2cc(Cl)ccc2n1. The summed E-state index contributed by atoms with van der Waals surface area (Å²) in [6, 6.07) is 7.81. The van der Waals surface area contributed by atoms with E-state index in [1.54, 1.807) is 0 Å². The average Bonchev–Trinajstić information content (AvgIpc) is 2.27. The third-order valence-corrected chi connectivity index (χ3v) is 2.92. The van der Waals surface area contributed by atoms with E-state index in [4.69, 9.17) is 17.3 Å². The van der Waals surface area contributed by atoms with Gasteiger partial charge in [-0.3, -0.25) is 4.98 Å². The van der Waals surface area contributed by atoms with Gasteiger partial charge in [-0.25, -0.2) is 0 Å².